The number of carboxylic acids is 1. The van der Waals surface area contributed by atoms with Crippen molar-refractivity contribution in [3.63, 3.8) is 0 Å². The van der Waals surface area contributed by atoms with Gasteiger partial charge in [-0.3, -0.25) is 0 Å². The number of hydrogen-bond acceptors (Lipinski definition) is 4. The highest BCUT2D eigenvalue weighted by Gasteiger charge is 2.20. The number of carbonyl (C=O) groups is 1. The molecule has 0 saturated heterocycles. The molecule has 0 unspecified atom stereocenters. The lowest BCUT2D eigenvalue weighted by Gasteiger charge is -2.18. The van der Waals surface area contributed by atoms with Crippen molar-refractivity contribution < 1.29 is 14.6 Å². The molecule has 2 heterocycles. The van der Waals surface area contributed by atoms with Crippen LogP contribution in [0.25, 0.3) is 16.8 Å². The van der Waals surface area contributed by atoms with Crippen LogP contribution in [-0.4, -0.2) is 25.7 Å². The second-order valence-corrected chi connectivity index (χ2v) is 7.06. The molecule has 33 heavy (non-hydrogen) atoms. The number of carboxylic acid groups (broad SMARTS) is 1. The fourth-order valence-corrected chi connectivity index (χ4v) is 3.57. The van der Waals surface area contributed by atoms with Crippen LogP contribution >= 0.6 is 0 Å². The molecule has 1 N–H and O–H groups in total. The van der Waals surface area contributed by atoms with Crippen LogP contribution in [0.2, 0.25) is 0 Å². The molecule has 0 saturated carbocycles. The standard InChI is InChI=1S/C27H27N3O3/c1-5-11-19(12-6-2)33-25-15-10-9-14-22(25)20(8-4)21(13-7-3)24-16-17-28-26-23(27(31)32)18-29-30(24)26/h5-6,8-18H,1,7H2,2-4H3,(H,31,32)/b12-6-,19-11+,20-8+,21-13+. The summed E-state index contributed by atoms with van der Waals surface area (Å²) in [6.07, 6.45) is 15.1. The quantitative estimate of drug-likeness (QED) is 0.309. The third-order valence-corrected chi connectivity index (χ3v) is 4.91. The van der Waals surface area contributed by atoms with Gasteiger partial charge in [0.15, 0.2) is 5.65 Å². The number of benzene rings is 1. The van der Waals surface area contributed by atoms with Crippen molar-refractivity contribution in [2.24, 2.45) is 0 Å². The molecule has 0 fully saturated rings. The van der Waals surface area contributed by atoms with Gasteiger partial charge in [-0.25, -0.2) is 14.3 Å². The Balaban J connectivity index is 2.17. The molecule has 2 aromatic heterocycles. The summed E-state index contributed by atoms with van der Waals surface area (Å²) in [5.41, 5.74) is 3.84. The summed E-state index contributed by atoms with van der Waals surface area (Å²) in [7, 11) is 0. The monoisotopic (exact) mass is 441 g/mol. The van der Waals surface area contributed by atoms with E-state index in [1.807, 2.05) is 62.4 Å². The van der Waals surface area contributed by atoms with Gasteiger partial charge in [0.1, 0.15) is 17.1 Å². The highest BCUT2D eigenvalue weighted by Crippen LogP contribution is 2.37. The van der Waals surface area contributed by atoms with Crippen molar-refractivity contribution in [1.29, 1.82) is 0 Å². The van der Waals surface area contributed by atoms with Crippen LogP contribution in [0.15, 0.2) is 91.5 Å². The average Bonchev–Trinajstić information content (AvgIpc) is 3.25. The number of ether oxygens (including phenoxy) is 1. The third kappa shape index (κ3) is 5.01. The summed E-state index contributed by atoms with van der Waals surface area (Å²) >= 11 is 0. The lowest BCUT2D eigenvalue weighted by Crippen LogP contribution is -2.04. The Morgan fingerprint density at radius 1 is 1.18 bits per heavy atom. The van der Waals surface area contributed by atoms with Crippen LogP contribution in [-0.2, 0) is 0 Å². The van der Waals surface area contributed by atoms with E-state index in [0.29, 0.717) is 17.2 Å². The largest absolute Gasteiger partial charge is 0.477 e. The first-order valence-electron chi connectivity index (χ1n) is 10.7. The molecule has 0 atom stereocenters. The minimum atomic E-state index is -1.06. The smallest absolute Gasteiger partial charge is 0.341 e. The van der Waals surface area contributed by atoms with Crippen LogP contribution in [0.5, 0.6) is 5.75 Å². The van der Waals surface area contributed by atoms with Crippen molar-refractivity contribution in [3.8, 4) is 5.75 Å². The molecule has 6 heteroatoms. The fourth-order valence-electron chi connectivity index (χ4n) is 3.57. The number of aromatic nitrogens is 3. The third-order valence-electron chi connectivity index (χ3n) is 4.91. The van der Waals surface area contributed by atoms with Crippen molar-refractivity contribution in [2.45, 2.75) is 27.2 Å². The van der Waals surface area contributed by atoms with E-state index in [9.17, 15) is 9.90 Å². The van der Waals surface area contributed by atoms with Gasteiger partial charge >= 0.3 is 5.97 Å². The van der Waals surface area contributed by atoms with E-state index in [4.69, 9.17) is 4.74 Å². The fraction of sp³-hybridized carbons (Fsp3) is 0.148. The Hall–Kier alpha value is -4.19. The van der Waals surface area contributed by atoms with Gasteiger partial charge in [0.05, 0.1) is 11.9 Å². The van der Waals surface area contributed by atoms with Gasteiger partial charge in [0.25, 0.3) is 0 Å². The molecule has 3 rings (SSSR count). The molecule has 0 aliphatic heterocycles. The Morgan fingerprint density at radius 3 is 2.64 bits per heavy atom. The number of rotatable bonds is 9. The maximum absolute atomic E-state index is 11.6. The molecule has 3 aromatic rings. The zero-order valence-corrected chi connectivity index (χ0v) is 19.0. The van der Waals surface area contributed by atoms with E-state index < -0.39 is 5.97 Å². The minimum Gasteiger partial charge on any atom is -0.477 e. The Morgan fingerprint density at radius 2 is 1.97 bits per heavy atom. The first kappa shape index (κ1) is 23.5. The zero-order chi connectivity index (χ0) is 23.8. The van der Waals surface area contributed by atoms with E-state index in [0.717, 1.165) is 28.8 Å². The maximum atomic E-state index is 11.6. The number of para-hydroxylation sites is 1. The number of fused-ring (bicyclic) bond motifs is 1. The summed E-state index contributed by atoms with van der Waals surface area (Å²) in [4.78, 5) is 15.8. The highest BCUT2D eigenvalue weighted by atomic mass is 16.5. The van der Waals surface area contributed by atoms with E-state index in [1.54, 1.807) is 22.9 Å². The van der Waals surface area contributed by atoms with Crippen molar-refractivity contribution in [1.82, 2.24) is 14.6 Å². The topological polar surface area (TPSA) is 76.7 Å². The molecule has 0 radical (unpaired) electrons. The molecule has 0 spiro atoms. The van der Waals surface area contributed by atoms with Crippen LogP contribution in [0.4, 0.5) is 0 Å². The summed E-state index contributed by atoms with van der Waals surface area (Å²) in [5.74, 6) is 0.294. The summed E-state index contributed by atoms with van der Waals surface area (Å²) in [6, 6.07) is 9.64. The predicted molar refractivity (Wildman–Crippen MR) is 132 cm³/mol. The normalized spacial score (nSPS) is 13.0. The van der Waals surface area contributed by atoms with Gasteiger partial charge in [0.2, 0.25) is 0 Å². The van der Waals surface area contributed by atoms with Gasteiger partial charge in [-0.2, -0.15) is 5.10 Å². The average molecular weight is 442 g/mol. The lowest BCUT2D eigenvalue weighted by molar-refractivity contribution is 0.0698. The van der Waals surface area contributed by atoms with Gasteiger partial charge in [-0.1, -0.05) is 56.0 Å². The zero-order valence-electron chi connectivity index (χ0n) is 19.0. The van der Waals surface area contributed by atoms with Crippen LogP contribution < -0.4 is 4.74 Å². The van der Waals surface area contributed by atoms with Gasteiger partial charge in [-0.05, 0) is 50.1 Å². The molecule has 0 amide bonds. The molecule has 0 aliphatic carbocycles. The van der Waals surface area contributed by atoms with Crippen LogP contribution in [0.3, 0.4) is 0 Å². The Bertz CT molecular complexity index is 1290. The Kier molecular flexibility index (Phi) is 7.76. The van der Waals surface area contributed by atoms with E-state index in [-0.39, 0.29) is 5.56 Å². The Labute approximate surface area is 193 Å². The first-order valence-corrected chi connectivity index (χ1v) is 10.7. The molecule has 0 aliphatic rings. The van der Waals surface area contributed by atoms with Crippen molar-refractivity contribution >= 4 is 22.8 Å². The SMILES string of the molecule is C=C/C=C(\C=C/C)Oc1ccccc1C(=C/C)/C(=C\CC)c1ccnc2c(C(=O)O)cnn12. The van der Waals surface area contributed by atoms with Gasteiger partial charge in [-0.15, -0.1) is 0 Å². The molecule has 0 bridgehead atoms. The molecule has 168 valence electrons. The maximum Gasteiger partial charge on any atom is 0.341 e. The number of hydrogen-bond donors (Lipinski definition) is 1. The summed E-state index contributed by atoms with van der Waals surface area (Å²) in [6.45, 7) is 9.71. The van der Waals surface area contributed by atoms with Crippen LogP contribution in [0.1, 0.15) is 48.8 Å². The predicted octanol–water partition coefficient (Wildman–Crippen LogP) is 6.35. The van der Waals surface area contributed by atoms with Crippen molar-refractivity contribution in [2.75, 3.05) is 0 Å². The summed E-state index contributed by atoms with van der Waals surface area (Å²) in [5, 5.41) is 13.8. The number of nitrogens with zero attached hydrogens (tertiary/aromatic N) is 3. The highest BCUT2D eigenvalue weighted by molar-refractivity contribution is 6.05. The van der Waals surface area contributed by atoms with Crippen LogP contribution in [0, 0.1) is 0 Å². The number of allylic oxidation sites excluding steroid dienone is 8. The van der Waals surface area contributed by atoms with E-state index >= 15 is 0 Å². The second-order valence-electron chi connectivity index (χ2n) is 7.06. The van der Waals surface area contributed by atoms with E-state index in [1.165, 1.54) is 6.20 Å². The lowest BCUT2D eigenvalue weighted by atomic mass is 9.93. The van der Waals surface area contributed by atoms with Gasteiger partial charge in [0, 0.05) is 17.3 Å². The minimum absolute atomic E-state index is 0.0593. The molecule has 1 aromatic carbocycles. The molecular weight excluding hydrogens is 414 g/mol. The second kappa shape index (κ2) is 10.9. The molecular formula is C27H27N3O3. The summed E-state index contributed by atoms with van der Waals surface area (Å²) < 4.78 is 7.79. The van der Waals surface area contributed by atoms with E-state index in [2.05, 4.69) is 29.7 Å². The van der Waals surface area contributed by atoms with Crippen molar-refractivity contribution in [3.05, 3.63) is 108 Å². The number of aromatic carboxylic acids is 1. The molecule has 6 nitrogen and oxygen atoms in total. The first-order chi connectivity index (χ1) is 16.0. The van der Waals surface area contributed by atoms with Gasteiger partial charge < -0.3 is 9.84 Å².